The maximum absolute atomic E-state index is 12.3. The Bertz CT molecular complexity index is 1100. The maximum atomic E-state index is 12.3. The third kappa shape index (κ3) is 3.51. The number of hydrogen-bond donors (Lipinski definition) is 0. The number of hydrogen-bond acceptors (Lipinski definition) is 7. The molecule has 11 heteroatoms. The van der Waals surface area contributed by atoms with Crippen molar-refractivity contribution < 1.29 is 23.7 Å². The molecule has 0 saturated heterocycles. The fourth-order valence-electron chi connectivity index (χ4n) is 2.16. The molecule has 0 aliphatic rings. The van der Waals surface area contributed by atoms with Gasteiger partial charge < -0.3 is 13.7 Å². The van der Waals surface area contributed by atoms with Crippen molar-refractivity contribution in [3.63, 3.8) is 0 Å². The van der Waals surface area contributed by atoms with Crippen molar-refractivity contribution >= 4 is 50.9 Å². The number of aromatic nitrogens is 1. The van der Waals surface area contributed by atoms with Crippen molar-refractivity contribution in [1.29, 1.82) is 0 Å². The lowest BCUT2D eigenvalue weighted by atomic mass is 10.3. The number of methoxy groups -OCH3 is 1. The summed E-state index contributed by atoms with van der Waals surface area (Å²) in [5.41, 5.74) is 0.641. The summed E-state index contributed by atoms with van der Waals surface area (Å²) in [7, 11) is 1.25. The van der Waals surface area contributed by atoms with Gasteiger partial charge in [0.25, 0.3) is 0 Å². The Kier molecular flexibility index (Phi) is 4.87. The molecule has 134 valence electrons. The number of amides is 1. The van der Waals surface area contributed by atoms with Crippen LogP contribution in [-0.4, -0.2) is 28.5 Å². The first-order chi connectivity index (χ1) is 12.4. The summed E-state index contributed by atoms with van der Waals surface area (Å²) in [6.45, 7) is -0.164. The highest BCUT2D eigenvalue weighted by molar-refractivity contribution is 7.16. The number of nitrogens with zero attached hydrogens (tertiary/aromatic N) is 3. The summed E-state index contributed by atoms with van der Waals surface area (Å²) in [4.78, 5) is 38.0. The monoisotopic (exact) mass is 395 g/mol. The maximum Gasteiger partial charge on any atom is 0.433 e. The highest BCUT2D eigenvalue weighted by atomic mass is 35.5. The lowest BCUT2D eigenvalue weighted by Gasteiger charge is -2.03. The van der Waals surface area contributed by atoms with Gasteiger partial charge >= 0.3 is 17.8 Å². The molecule has 0 bridgehead atoms. The molecule has 0 unspecified atom stereocenters. The molecule has 3 rings (SSSR count). The molecular formula is C15H10ClN3O6S. The number of furan rings is 1. The molecule has 3 aromatic rings. The smallest absolute Gasteiger partial charge is 0.433 e. The molecule has 1 amide bonds. The lowest BCUT2D eigenvalue weighted by Crippen LogP contribution is -2.22. The van der Waals surface area contributed by atoms with E-state index in [0.717, 1.165) is 17.4 Å². The fraction of sp³-hybridized carbons (Fsp3) is 0.133. The van der Waals surface area contributed by atoms with E-state index in [2.05, 4.69) is 9.73 Å². The predicted octanol–water partition coefficient (Wildman–Crippen LogP) is 2.77. The normalized spacial score (nSPS) is 11.7. The third-order valence-electron chi connectivity index (χ3n) is 3.34. The van der Waals surface area contributed by atoms with E-state index in [4.69, 9.17) is 16.0 Å². The number of carbonyl (C=O) groups is 2. The van der Waals surface area contributed by atoms with Crippen molar-refractivity contribution in [3.8, 4) is 0 Å². The summed E-state index contributed by atoms with van der Waals surface area (Å²) in [6.07, 6.45) is 0. The van der Waals surface area contributed by atoms with Crippen molar-refractivity contribution in [3.05, 3.63) is 56.0 Å². The zero-order chi connectivity index (χ0) is 18.8. The molecule has 26 heavy (non-hydrogen) atoms. The number of esters is 1. The van der Waals surface area contributed by atoms with Crippen LogP contribution in [0.4, 0.5) is 5.88 Å². The van der Waals surface area contributed by atoms with Gasteiger partial charge in [-0.25, -0.2) is 0 Å². The van der Waals surface area contributed by atoms with E-state index in [-0.39, 0.29) is 17.1 Å². The molecule has 0 radical (unpaired) electrons. The molecule has 2 aromatic heterocycles. The number of ether oxygens (including phenoxy) is 1. The molecule has 9 nitrogen and oxygen atoms in total. The summed E-state index contributed by atoms with van der Waals surface area (Å²) in [5.74, 6) is -2.18. The minimum absolute atomic E-state index is 0.164. The topological polar surface area (TPSA) is 117 Å². The van der Waals surface area contributed by atoms with E-state index in [1.165, 1.54) is 17.7 Å². The Hall–Kier alpha value is -2.98. The van der Waals surface area contributed by atoms with Crippen LogP contribution in [0.1, 0.15) is 10.6 Å². The summed E-state index contributed by atoms with van der Waals surface area (Å²) >= 11 is 7.11. The van der Waals surface area contributed by atoms with Gasteiger partial charge in [0, 0.05) is 5.02 Å². The minimum Gasteiger partial charge on any atom is -0.468 e. The average Bonchev–Trinajstić information content (AvgIpc) is 3.20. The first-order valence-electron chi connectivity index (χ1n) is 7.08. The first kappa shape index (κ1) is 17.8. The van der Waals surface area contributed by atoms with Crippen molar-refractivity contribution in [2.45, 2.75) is 6.54 Å². The van der Waals surface area contributed by atoms with E-state index in [1.54, 1.807) is 18.2 Å². The molecule has 2 heterocycles. The molecule has 0 fully saturated rings. The molecule has 0 saturated carbocycles. The number of carbonyl (C=O) groups excluding carboxylic acids is 2. The van der Waals surface area contributed by atoms with Crippen LogP contribution in [0.25, 0.3) is 10.2 Å². The lowest BCUT2D eigenvalue weighted by molar-refractivity contribution is -0.402. The molecule has 0 aliphatic heterocycles. The van der Waals surface area contributed by atoms with Gasteiger partial charge in [-0.2, -0.15) is 4.99 Å². The highest BCUT2D eigenvalue weighted by Crippen LogP contribution is 2.22. The predicted molar refractivity (Wildman–Crippen MR) is 92.1 cm³/mol. The molecule has 0 atom stereocenters. The number of nitro groups is 1. The van der Waals surface area contributed by atoms with Gasteiger partial charge in [0.05, 0.1) is 23.4 Å². The van der Waals surface area contributed by atoms with Gasteiger partial charge in [0.2, 0.25) is 5.76 Å². The fourth-order valence-corrected chi connectivity index (χ4v) is 3.47. The number of rotatable bonds is 4. The van der Waals surface area contributed by atoms with Gasteiger partial charge in [-0.3, -0.25) is 19.7 Å². The van der Waals surface area contributed by atoms with Crippen LogP contribution in [0.15, 0.2) is 39.7 Å². The van der Waals surface area contributed by atoms with Crippen molar-refractivity contribution in [2.24, 2.45) is 4.99 Å². The number of fused-ring (bicyclic) bond motifs is 1. The number of thiazole rings is 1. The van der Waals surface area contributed by atoms with E-state index in [9.17, 15) is 19.7 Å². The zero-order valence-electron chi connectivity index (χ0n) is 13.2. The second-order valence-corrected chi connectivity index (χ2v) is 6.42. The molecule has 1 aromatic carbocycles. The van der Waals surface area contributed by atoms with Crippen LogP contribution in [0.3, 0.4) is 0 Å². The summed E-state index contributed by atoms with van der Waals surface area (Å²) in [5, 5.41) is 11.1. The first-order valence-corrected chi connectivity index (χ1v) is 8.27. The molecule has 0 N–H and O–H groups in total. The Balaban J connectivity index is 2.10. The van der Waals surface area contributed by atoms with Crippen LogP contribution in [0.2, 0.25) is 5.02 Å². The number of halogens is 1. The van der Waals surface area contributed by atoms with E-state index in [0.29, 0.717) is 15.2 Å². The molecular weight excluding hydrogens is 386 g/mol. The van der Waals surface area contributed by atoms with Crippen LogP contribution >= 0.6 is 22.9 Å². The zero-order valence-corrected chi connectivity index (χ0v) is 14.7. The second kappa shape index (κ2) is 7.10. The largest absolute Gasteiger partial charge is 0.468 e. The van der Waals surface area contributed by atoms with E-state index in [1.807, 2.05) is 0 Å². The molecule has 0 aliphatic carbocycles. The Morgan fingerprint density at radius 3 is 2.81 bits per heavy atom. The number of benzene rings is 1. The van der Waals surface area contributed by atoms with Crippen LogP contribution in [0, 0.1) is 10.1 Å². The highest BCUT2D eigenvalue weighted by Gasteiger charge is 2.18. The van der Waals surface area contributed by atoms with Gasteiger partial charge in [-0.05, 0) is 24.3 Å². The van der Waals surface area contributed by atoms with Gasteiger partial charge in [-0.1, -0.05) is 22.9 Å². The van der Waals surface area contributed by atoms with Gasteiger partial charge in [0.15, 0.2) is 4.80 Å². The minimum atomic E-state index is -0.811. The third-order valence-corrected chi connectivity index (χ3v) is 4.62. The summed E-state index contributed by atoms with van der Waals surface area (Å²) in [6, 6.07) is 7.25. The van der Waals surface area contributed by atoms with Gasteiger partial charge in [0.1, 0.15) is 11.5 Å². The van der Waals surface area contributed by atoms with Crippen LogP contribution < -0.4 is 4.80 Å². The van der Waals surface area contributed by atoms with E-state index < -0.39 is 22.7 Å². The quantitative estimate of drug-likeness (QED) is 0.381. The summed E-state index contributed by atoms with van der Waals surface area (Å²) < 4.78 is 11.7. The van der Waals surface area contributed by atoms with Crippen LogP contribution in [0.5, 0.6) is 0 Å². The Morgan fingerprint density at radius 2 is 2.15 bits per heavy atom. The SMILES string of the molecule is COC(=O)Cn1c(=NC(=O)c2ccc([N+](=O)[O-])o2)sc2cc(Cl)ccc21. The van der Waals surface area contributed by atoms with Gasteiger partial charge in [-0.15, -0.1) is 0 Å². The standard InChI is InChI=1S/C15H10ClN3O6S/c1-24-13(20)7-18-9-3-2-8(16)6-11(9)26-15(18)17-14(21)10-4-5-12(25-10)19(22)23/h2-6H,7H2,1H3. The Labute approximate surface area is 154 Å². The van der Waals surface area contributed by atoms with Crippen molar-refractivity contribution in [1.82, 2.24) is 4.57 Å². The van der Waals surface area contributed by atoms with Crippen LogP contribution in [-0.2, 0) is 16.1 Å². The van der Waals surface area contributed by atoms with Crippen molar-refractivity contribution in [2.75, 3.05) is 7.11 Å². The molecule has 0 spiro atoms. The second-order valence-electron chi connectivity index (χ2n) is 4.97. The Morgan fingerprint density at radius 1 is 1.38 bits per heavy atom. The average molecular weight is 396 g/mol. The van der Waals surface area contributed by atoms with E-state index >= 15 is 0 Å².